The third-order valence-corrected chi connectivity index (χ3v) is 3.39. The number of rotatable bonds is 3. The highest BCUT2D eigenvalue weighted by Gasteiger charge is 2.10. The third kappa shape index (κ3) is 2.68. The maximum absolute atomic E-state index is 11.4. The van der Waals surface area contributed by atoms with E-state index in [0.29, 0.717) is 5.13 Å². The number of hydrogen-bond acceptors (Lipinski definition) is 4. The van der Waals surface area contributed by atoms with Crippen molar-refractivity contribution in [3.8, 4) is 0 Å². The van der Waals surface area contributed by atoms with Crippen LogP contribution in [-0.4, -0.2) is 16.7 Å². The predicted octanol–water partition coefficient (Wildman–Crippen LogP) is 2.52. The molecule has 17 heavy (non-hydrogen) atoms. The molecule has 0 atom stereocenters. The number of carbonyl (C=O) groups is 2. The molecule has 1 N–H and O–H groups in total. The molecular weight excluding hydrogens is 236 g/mol. The van der Waals surface area contributed by atoms with Gasteiger partial charge in [-0.3, -0.25) is 9.59 Å². The van der Waals surface area contributed by atoms with Crippen molar-refractivity contribution in [2.75, 3.05) is 5.32 Å². The Kier molecular flexibility index (Phi) is 3.19. The van der Waals surface area contributed by atoms with E-state index in [9.17, 15) is 9.59 Å². The number of thiazole rings is 1. The minimum Gasteiger partial charge on any atom is -0.302 e. The summed E-state index contributed by atoms with van der Waals surface area (Å²) < 4.78 is 1.06. The molecule has 1 heterocycles. The summed E-state index contributed by atoms with van der Waals surface area (Å²) in [4.78, 5) is 26.5. The molecule has 1 aromatic carbocycles. The molecular formula is C12H12N2O2S. The topological polar surface area (TPSA) is 59.1 Å². The lowest BCUT2D eigenvalue weighted by molar-refractivity contribution is -0.124. The molecule has 0 saturated carbocycles. The highest BCUT2D eigenvalue weighted by molar-refractivity contribution is 7.22. The number of ketones is 1. The van der Waals surface area contributed by atoms with Gasteiger partial charge in [-0.2, -0.15) is 0 Å². The van der Waals surface area contributed by atoms with Crippen LogP contribution in [0.1, 0.15) is 18.9 Å². The molecule has 5 heteroatoms. The Morgan fingerprint density at radius 2 is 2.18 bits per heavy atom. The van der Waals surface area contributed by atoms with Gasteiger partial charge in [0.05, 0.1) is 16.6 Å². The van der Waals surface area contributed by atoms with Gasteiger partial charge in [0.2, 0.25) is 5.91 Å². The van der Waals surface area contributed by atoms with E-state index in [1.165, 1.54) is 18.3 Å². The number of nitrogens with one attached hydrogen (secondary N) is 1. The molecule has 0 unspecified atom stereocenters. The zero-order chi connectivity index (χ0) is 12.4. The van der Waals surface area contributed by atoms with E-state index in [4.69, 9.17) is 0 Å². The smallest absolute Gasteiger partial charge is 0.233 e. The van der Waals surface area contributed by atoms with Crippen LogP contribution >= 0.6 is 11.3 Å². The first-order valence-corrected chi connectivity index (χ1v) is 6.03. The Bertz CT molecular complexity index is 589. The van der Waals surface area contributed by atoms with Crippen LogP contribution in [0.3, 0.4) is 0 Å². The highest BCUT2D eigenvalue weighted by atomic mass is 32.1. The van der Waals surface area contributed by atoms with Gasteiger partial charge in [0.15, 0.2) is 5.13 Å². The summed E-state index contributed by atoms with van der Waals surface area (Å²) in [5.74, 6) is -0.464. The first-order valence-electron chi connectivity index (χ1n) is 5.21. The van der Waals surface area contributed by atoms with Crippen molar-refractivity contribution in [1.82, 2.24) is 4.98 Å². The van der Waals surface area contributed by atoms with Crippen molar-refractivity contribution in [1.29, 1.82) is 0 Å². The number of aryl methyl sites for hydroxylation is 1. The lowest BCUT2D eigenvalue weighted by atomic mass is 10.2. The van der Waals surface area contributed by atoms with Crippen molar-refractivity contribution >= 4 is 38.4 Å². The SMILES string of the molecule is CC(=O)CC(=O)Nc1nc2cccc(C)c2s1. The Hall–Kier alpha value is -1.75. The second-order valence-corrected chi connectivity index (χ2v) is 4.87. The van der Waals surface area contributed by atoms with Crippen LogP contribution < -0.4 is 5.32 Å². The number of hydrogen-bond donors (Lipinski definition) is 1. The maximum atomic E-state index is 11.4. The maximum Gasteiger partial charge on any atom is 0.233 e. The second-order valence-electron chi connectivity index (χ2n) is 3.87. The summed E-state index contributed by atoms with van der Waals surface area (Å²) in [5, 5.41) is 3.18. The van der Waals surface area contributed by atoms with Gasteiger partial charge in [0.1, 0.15) is 5.78 Å². The monoisotopic (exact) mass is 248 g/mol. The number of fused-ring (bicyclic) bond motifs is 1. The molecule has 0 bridgehead atoms. The number of Topliss-reactive ketones (excluding diaryl/α,β-unsaturated/α-hetero) is 1. The van der Waals surface area contributed by atoms with Crippen molar-refractivity contribution in [3.05, 3.63) is 23.8 Å². The fourth-order valence-electron chi connectivity index (χ4n) is 1.53. The highest BCUT2D eigenvalue weighted by Crippen LogP contribution is 2.28. The van der Waals surface area contributed by atoms with Gasteiger partial charge in [-0.15, -0.1) is 0 Å². The van der Waals surface area contributed by atoms with E-state index in [1.54, 1.807) is 0 Å². The molecule has 2 rings (SSSR count). The summed E-state index contributed by atoms with van der Waals surface area (Å²) in [7, 11) is 0. The Labute approximate surface area is 103 Å². The quantitative estimate of drug-likeness (QED) is 0.849. The molecule has 1 amide bonds. The summed E-state index contributed by atoms with van der Waals surface area (Å²) in [6.07, 6.45) is -0.102. The normalized spacial score (nSPS) is 10.5. The van der Waals surface area contributed by atoms with Gasteiger partial charge >= 0.3 is 0 Å². The average molecular weight is 248 g/mol. The zero-order valence-electron chi connectivity index (χ0n) is 9.61. The van der Waals surface area contributed by atoms with Crippen molar-refractivity contribution in [3.63, 3.8) is 0 Å². The molecule has 88 valence electrons. The van der Waals surface area contributed by atoms with Crippen molar-refractivity contribution in [2.45, 2.75) is 20.3 Å². The van der Waals surface area contributed by atoms with Gasteiger partial charge in [0.25, 0.3) is 0 Å². The van der Waals surface area contributed by atoms with Crippen LogP contribution in [0.25, 0.3) is 10.2 Å². The second kappa shape index (κ2) is 4.63. The summed E-state index contributed by atoms with van der Waals surface area (Å²) in [6, 6.07) is 5.83. The molecule has 0 aliphatic rings. The van der Waals surface area contributed by atoms with Gasteiger partial charge in [-0.1, -0.05) is 23.5 Å². The lowest BCUT2D eigenvalue weighted by Gasteiger charge is -1.97. The summed E-state index contributed by atoms with van der Waals surface area (Å²) >= 11 is 1.42. The Morgan fingerprint density at radius 3 is 2.82 bits per heavy atom. The van der Waals surface area contributed by atoms with Crippen LogP contribution in [-0.2, 0) is 9.59 Å². The molecule has 0 saturated heterocycles. The number of anilines is 1. The van der Waals surface area contributed by atoms with E-state index >= 15 is 0 Å². The minimum atomic E-state index is -0.311. The Balaban J connectivity index is 2.23. The number of benzene rings is 1. The fraction of sp³-hybridized carbons (Fsp3) is 0.250. The number of aromatic nitrogens is 1. The number of nitrogens with zero attached hydrogens (tertiary/aromatic N) is 1. The summed E-state index contributed by atoms with van der Waals surface area (Å²) in [5.41, 5.74) is 2.00. The van der Waals surface area contributed by atoms with E-state index in [0.717, 1.165) is 15.8 Å². The lowest BCUT2D eigenvalue weighted by Crippen LogP contribution is -2.14. The van der Waals surface area contributed by atoms with Crippen molar-refractivity contribution in [2.24, 2.45) is 0 Å². The number of amides is 1. The fourth-order valence-corrected chi connectivity index (χ4v) is 2.48. The van der Waals surface area contributed by atoms with Crippen LogP contribution in [0, 0.1) is 6.92 Å². The molecule has 4 nitrogen and oxygen atoms in total. The van der Waals surface area contributed by atoms with E-state index in [2.05, 4.69) is 10.3 Å². The first-order chi connectivity index (χ1) is 8.06. The predicted molar refractivity (Wildman–Crippen MR) is 68.3 cm³/mol. The van der Waals surface area contributed by atoms with Gasteiger partial charge in [-0.25, -0.2) is 4.98 Å². The van der Waals surface area contributed by atoms with Gasteiger partial charge in [0, 0.05) is 0 Å². The molecule has 0 radical (unpaired) electrons. The first kappa shape index (κ1) is 11.7. The molecule has 0 aliphatic heterocycles. The van der Waals surface area contributed by atoms with Gasteiger partial charge in [-0.05, 0) is 25.5 Å². The standard InChI is InChI=1S/C12H12N2O2S/c1-7-4-3-5-9-11(7)17-12(13-9)14-10(16)6-8(2)15/h3-5H,6H2,1-2H3,(H,13,14,16). The van der Waals surface area contributed by atoms with E-state index in [-0.39, 0.29) is 18.1 Å². The largest absolute Gasteiger partial charge is 0.302 e. The molecule has 1 aromatic heterocycles. The molecule has 0 aliphatic carbocycles. The van der Waals surface area contributed by atoms with Crippen LogP contribution in [0.4, 0.5) is 5.13 Å². The van der Waals surface area contributed by atoms with Crippen LogP contribution in [0.5, 0.6) is 0 Å². The summed E-state index contributed by atoms with van der Waals surface area (Å²) in [6.45, 7) is 3.39. The van der Waals surface area contributed by atoms with Crippen molar-refractivity contribution < 1.29 is 9.59 Å². The zero-order valence-corrected chi connectivity index (χ0v) is 10.4. The molecule has 0 spiro atoms. The van der Waals surface area contributed by atoms with Crippen LogP contribution in [0.15, 0.2) is 18.2 Å². The minimum absolute atomic E-state index is 0.102. The molecule has 0 fully saturated rings. The average Bonchev–Trinajstić information content (AvgIpc) is 2.60. The molecule has 2 aromatic rings. The van der Waals surface area contributed by atoms with E-state index < -0.39 is 0 Å². The van der Waals surface area contributed by atoms with E-state index in [1.807, 2.05) is 25.1 Å². The Morgan fingerprint density at radius 1 is 1.41 bits per heavy atom. The van der Waals surface area contributed by atoms with Gasteiger partial charge < -0.3 is 5.32 Å². The third-order valence-electron chi connectivity index (χ3n) is 2.27. The number of carbonyl (C=O) groups excluding carboxylic acids is 2. The van der Waals surface area contributed by atoms with Crippen LogP contribution in [0.2, 0.25) is 0 Å².